The number of ether oxygens (including phenoxy) is 2. The molecule has 0 unspecified atom stereocenters. The Labute approximate surface area is 230 Å². The zero-order chi connectivity index (χ0) is 30.1. The molecule has 220 valence electrons. The molecular formula is C29H25F8NO3. The van der Waals surface area contributed by atoms with Gasteiger partial charge < -0.3 is 14.8 Å². The van der Waals surface area contributed by atoms with E-state index >= 15 is 0 Å². The maximum atomic E-state index is 14.3. The Hall–Kier alpha value is -3.83. The first-order chi connectivity index (χ1) is 19.0. The third kappa shape index (κ3) is 7.09. The minimum Gasteiger partial charge on any atom is -0.406 e. The van der Waals surface area contributed by atoms with Gasteiger partial charge in [0.05, 0.1) is 0 Å². The smallest absolute Gasteiger partial charge is 0.406 e. The summed E-state index contributed by atoms with van der Waals surface area (Å²) >= 11 is 0. The second-order valence-electron chi connectivity index (χ2n) is 10.0. The minimum atomic E-state index is -5.04. The molecule has 41 heavy (non-hydrogen) atoms. The molecule has 0 atom stereocenters. The van der Waals surface area contributed by atoms with Crippen LogP contribution in [0.2, 0.25) is 0 Å². The first-order valence-corrected chi connectivity index (χ1v) is 12.5. The largest absolute Gasteiger partial charge is 0.573 e. The number of carbonyl (C=O) groups is 1. The molecule has 1 aliphatic rings. The Bertz CT molecular complexity index is 1300. The molecular weight excluding hydrogens is 562 g/mol. The summed E-state index contributed by atoms with van der Waals surface area (Å²) in [6, 6.07) is 18.0. The molecule has 4 nitrogen and oxygen atoms in total. The maximum Gasteiger partial charge on any atom is 0.573 e. The summed E-state index contributed by atoms with van der Waals surface area (Å²) in [4.78, 5) is 13.1. The van der Waals surface area contributed by atoms with Crippen molar-refractivity contribution >= 4 is 5.91 Å². The lowest BCUT2D eigenvalue weighted by Crippen LogP contribution is -2.48. The summed E-state index contributed by atoms with van der Waals surface area (Å²) in [7, 11) is 0. The summed E-state index contributed by atoms with van der Waals surface area (Å²) in [6.45, 7) is 0.191. The van der Waals surface area contributed by atoms with Crippen molar-refractivity contribution < 1.29 is 49.4 Å². The lowest BCUT2D eigenvalue weighted by Gasteiger charge is -2.37. The Morgan fingerprint density at radius 3 is 1.66 bits per heavy atom. The average molecular weight is 588 g/mol. The fourth-order valence-electron chi connectivity index (χ4n) is 4.95. The van der Waals surface area contributed by atoms with Gasteiger partial charge in [0.2, 0.25) is 5.91 Å². The molecule has 1 aliphatic carbocycles. The predicted octanol–water partition coefficient (Wildman–Crippen LogP) is 7.56. The standard InChI is InChI=1S/C29H25F8NO3/c1-25(30,31)27(13-14-27)24(39)38-18-26(17-19-7-3-2-4-8-19,20-9-5-11-22(15-20)40-28(32,33)34)21-10-6-12-23(16-21)41-29(35,36)37/h2-12,15-16H,13-14,17-18H2,1H3,(H,38,39). The van der Waals surface area contributed by atoms with Crippen LogP contribution < -0.4 is 14.8 Å². The zero-order valence-corrected chi connectivity index (χ0v) is 21.6. The minimum absolute atomic E-state index is 0.0470. The summed E-state index contributed by atoms with van der Waals surface area (Å²) in [5, 5.41) is 2.54. The van der Waals surface area contributed by atoms with Crippen molar-refractivity contribution in [2.75, 3.05) is 6.54 Å². The number of nitrogens with one attached hydrogen (secondary N) is 1. The van der Waals surface area contributed by atoms with Gasteiger partial charge in [-0.2, -0.15) is 0 Å². The molecule has 0 heterocycles. The molecule has 0 bridgehead atoms. The molecule has 3 aromatic rings. The van der Waals surface area contributed by atoms with E-state index in [9.17, 15) is 39.9 Å². The van der Waals surface area contributed by atoms with Gasteiger partial charge >= 0.3 is 12.7 Å². The Morgan fingerprint density at radius 1 is 0.756 bits per heavy atom. The zero-order valence-electron chi connectivity index (χ0n) is 21.6. The second kappa shape index (κ2) is 10.9. The number of rotatable bonds is 10. The van der Waals surface area contributed by atoms with E-state index in [1.165, 1.54) is 24.3 Å². The van der Waals surface area contributed by atoms with E-state index in [2.05, 4.69) is 14.8 Å². The molecule has 1 saturated carbocycles. The Balaban J connectivity index is 1.88. The average Bonchev–Trinajstić information content (AvgIpc) is 3.68. The van der Waals surface area contributed by atoms with E-state index in [0.717, 1.165) is 24.3 Å². The number of halogens is 8. The van der Waals surface area contributed by atoms with Crippen molar-refractivity contribution in [1.82, 2.24) is 5.32 Å². The van der Waals surface area contributed by atoms with Gasteiger partial charge in [0.1, 0.15) is 16.9 Å². The van der Waals surface area contributed by atoms with Crippen LogP contribution in [0.1, 0.15) is 36.5 Å². The van der Waals surface area contributed by atoms with Crippen molar-refractivity contribution in [2.24, 2.45) is 5.41 Å². The Morgan fingerprint density at radius 2 is 1.24 bits per heavy atom. The molecule has 1 N–H and O–H groups in total. The topological polar surface area (TPSA) is 47.6 Å². The van der Waals surface area contributed by atoms with Gasteiger partial charge in [0.25, 0.3) is 5.92 Å². The van der Waals surface area contributed by atoms with Gasteiger partial charge in [-0.3, -0.25) is 4.79 Å². The van der Waals surface area contributed by atoms with Gasteiger partial charge in [-0.1, -0.05) is 54.6 Å². The maximum absolute atomic E-state index is 14.3. The lowest BCUT2D eigenvalue weighted by atomic mass is 9.70. The van der Waals surface area contributed by atoms with Crippen molar-refractivity contribution in [1.29, 1.82) is 0 Å². The Kier molecular flexibility index (Phi) is 7.99. The highest BCUT2D eigenvalue weighted by molar-refractivity contribution is 5.86. The van der Waals surface area contributed by atoms with Crippen LogP contribution in [0.3, 0.4) is 0 Å². The van der Waals surface area contributed by atoms with E-state index in [-0.39, 0.29) is 30.4 Å². The van der Waals surface area contributed by atoms with Crippen LogP contribution >= 0.6 is 0 Å². The molecule has 12 heteroatoms. The first-order valence-electron chi connectivity index (χ1n) is 12.5. The lowest BCUT2D eigenvalue weighted by molar-refractivity contribution is -0.275. The highest BCUT2D eigenvalue weighted by atomic mass is 19.4. The highest BCUT2D eigenvalue weighted by Gasteiger charge is 2.64. The van der Waals surface area contributed by atoms with E-state index in [1.807, 2.05) is 0 Å². The van der Waals surface area contributed by atoms with Crippen molar-refractivity contribution in [3.05, 3.63) is 95.6 Å². The molecule has 3 aromatic carbocycles. The molecule has 0 spiro atoms. The van der Waals surface area contributed by atoms with Crippen LogP contribution in [0, 0.1) is 5.41 Å². The number of carbonyl (C=O) groups excluding carboxylic acids is 1. The number of hydrogen-bond acceptors (Lipinski definition) is 3. The summed E-state index contributed by atoms with van der Waals surface area (Å²) in [5.41, 5.74) is -2.64. The molecule has 1 fully saturated rings. The number of amides is 1. The van der Waals surface area contributed by atoms with Gasteiger partial charge in [0, 0.05) is 18.9 Å². The summed E-state index contributed by atoms with van der Waals surface area (Å²) in [6.07, 6.45) is -10.3. The fourth-order valence-corrected chi connectivity index (χ4v) is 4.95. The van der Waals surface area contributed by atoms with Crippen molar-refractivity contribution in [3.8, 4) is 11.5 Å². The van der Waals surface area contributed by atoms with Gasteiger partial charge in [0.15, 0.2) is 0 Å². The number of alkyl halides is 8. The van der Waals surface area contributed by atoms with E-state index in [1.54, 1.807) is 30.3 Å². The SMILES string of the molecule is CC(F)(F)C1(C(=O)NCC(Cc2ccccc2)(c2cccc(OC(F)(F)F)c2)c2cccc(OC(F)(F)F)c2)CC1. The monoisotopic (exact) mass is 587 g/mol. The van der Waals surface area contributed by atoms with Gasteiger partial charge in [-0.15, -0.1) is 26.3 Å². The molecule has 0 saturated heterocycles. The quantitative estimate of drug-likeness (QED) is 0.249. The van der Waals surface area contributed by atoms with Crippen LogP contribution in [-0.2, 0) is 16.6 Å². The van der Waals surface area contributed by atoms with E-state index < -0.39 is 53.4 Å². The first kappa shape index (κ1) is 30.1. The van der Waals surface area contributed by atoms with Crippen LogP contribution in [0.5, 0.6) is 11.5 Å². The number of hydrogen-bond donors (Lipinski definition) is 1. The van der Waals surface area contributed by atoms with Crippen LogP contribution in [-0.4, -0.2) is 31.1 Å². The second-order valence-corrected chi connectivity index (χ2v) is 10.0. The van der Waals surface area contributed by atoms with E-state index in [0.29, 0.717) is 12.5 Å². The fraction of sp³-hybridized carbons (Fsp3) is 0.345. The third-order valence-electron chi connectivity index (χ3n) is 7.16. The third-order valence-corrected chi connectivity index (χ3v) is 7.16. The van der Waals surface area contributed by atoms with Crippen LogP contribution in [0.15, 0.2) is 78.9 Å². The molecule has 1 amide bonds. The van der Waals surface area contributed by atoms with Crippen LogP contribution in [0.4, 0.5) is 35.1 Å². The van der Waals surface area contributed by atoms with Crippen LogP contribution in [0.25, 0.3) is 0 Å². The summed E-state index contributed by atoms with van der Waals surface area (Å²) < 4.78 is 115. The molecule has 0 radical (unpaired) electrons. The van der Waals surface area contributed by atoms with Crippen molar-refractivity contribution in [2.45, 2.75) is 50.2 Å². The highest BCUT2D eigenvalue weighted by Crippen LogP contribution is 2.57. The van der Waals surface area contributed by atoms with Gasteiger partial charge in [-0.25, -0.2) is 8.78 Å². The summed E-state index contributed by atoms with van der Waals surface area (Å²) in [5.74, 6) is -5.53. The van der Waals surface area contributed by atoms with Crippen molar-refractivity contribution in [3.63, 3.8) is 0 Å². The van der Waals surface area contributed by atoms with Gasteiger partial charge in [-0.05, 0) is 60.2 Å². The molecule has 0 aliphatic heterocycles. The number of benzene rings is 3. The van der Waals surface area contributed by atoms with E-state index in [4.69, 9.17) is 0 Å². The normalized spacial score (nSPS) is 15.2. The predicted molar refractivity (Wildman–Crippen MR) is 132 cm³/mol. The molecule has 4 rings (SSSR count). The molecule has 0 aromatic heterocycles.